The molecule has 2 aromatic heterocycles. The molecule has 4 rings (SSSR count). The van der Waals surface area contributed by atoms with Crippen LogP contribution in [-0.4, -0.2) is 44.5 Å². The minimum absolute atomic E-state index is 0.0570. The molecule has 1 aromatic carbocycles. The van der Waals surface area contributed by atoms with Crippen molar-refractivity contribution in [3.05, 3.63) is 60.0 Å². The highest BCUT2D eigenvalue weighted by Crippen LogP contribution is 2.15. The van der Waals surface area contributed by atoms with E-state index >= 15 is 0 Å². The molecule has 0 unspecified atom stereocenters. The van der Waals surface area contributed by atoms with Gasteiger partial charge in [0.25, 0.3) is 5.91 Å². The molecule has 1 saturated heterocycles. The Morgan fingerprint density at radius 2 is 1.69 bits per heavy atom. The molecule has 1 fully saturated rings. The van der Waals surface area contributed by atoms with Gasteiger partial charge in [-0.15, -0.1) is 10.2 Å². The second-order valence-corrected chi connectivity index (χ2v) is 7.14. The average molecular weight is 392 g/mol. The van der Waals surface area contributed by atoms with Gasteiger partial charge in [-0.25, -0.2) is 4.79 Å². The van der Waals surface area contributed by atoms with Crippen molar-refractivity contribution in [3.8, 4) is 0 Å². The van der Waals surface area contributed by atoms with Crippen molar-refractivity contribution in [3.63, 3.8) is 0 Å². The Kier molecular flexibility index (Phi) is 5.69. The average Bonchev–Trinajstić information content (AvgIpc) is 2.96. The summed E-state index contributed by atoms with van der Waals surface area (Å²) in [6.07, 6.45) is 6.35. The van der Waals surface area contributed by atoms with E-state index in [4.69, 9.17) is 0 Å². The molecule has 2 N–H and O–H groups in total. The molecular formula is C21H24N6O2. The van der Waals surface area contributed by atoms with Gasteiger partial charge in [-0.3, -0.25) is 9.20 Å². The molecule has 0 bridgehead atoms. The number of nitrogens with one attached hydrogen (secondary N) is 2. The van der Waals surface area contributed by atoms with Gasteiger partial charge in [0.1, 0.15) is 0 Å². The molecule has 3 heterocycles. The van der Waals surface area contributed by atoms with Crippen molar-refractivity contribution in [1.82, 2.24) is 24.8 Å². The molecule has 1 aliphatic heterocycles. The molecular weight excluding hydrogens is 368 g/mol. The number of amides is 3. The zero-order valence-electron chi connectivity index (χ0n) is 16.2. The number of hydrogen-bond acceptors (Lipinski definition) is 4. The van der Waals surface area contributed by atoms with Gasteiger partial charge >= 0.3 is 6.03 Å². The van der Waals surface area contributed by atoms with E-state index in [1.54, 1.807) is 24.3 Å². The Balaban J connectivity index is 1.32. The third kappa shape index (κ3) is 4.53. The minimum atomic E-state index is -0.343. The number of fused-ring (bicyclic) bond motifs is 1. The van der Waals surface area contributed by atoms with Crippen LogP contribution in [0.2, 0.25) is 0 Å². The van der Waals surface area contributed by atoms with Crippen LogP contribution in [0, 0.1) is 0 Å². The van der Waals surface area contributed by atoms with Crippen molar-refractivity contribution < 1.29 is 9.59 Å². The molecule has 150 valence electrons. The maximum atomic E-state index is 12.6. The second-order valence-electron chi connectivity index (χ2n) is 7.14. The summed E-state index contributed by atoms with van der Waals surface area (Å²) in [5, 5.41) is 13.7. The van der Waals surface area contributed by atoms with Gasteiger partial charge in [0.05, 0.1) is 6.54 Å². The fourth-order valence-corrected chi connectivity index (χ4v) is 3.50. The summed E-state index contributed by atoms with van der Waals surface area (Å²) in [5.74, 6) is 0.704. The summed E-state index contributed by atoms with van der Waals surface area (Å²) in [5.41, 5.74) is 2.00. The molecule has 0 aliphatic carbocycles. The summed E-state index contributed by atoms with van der Waals surface area (Å²) < 4.78 is 1.82. The number of hydrogen-bond donors (Lipinski definition) is 2. The molecule has 0 atom stereocenters. The van der Waals surface area contributed by atoms with Gasteiger partial charge in [0.2, 0.25) is 0 Å². The Morgan fingerprint density at radius 3 is 2.45 bits per heavy atom. The summed E-state index contributed by atoms with van der Waals surface area (Å²) in [6, 6.07) is 12.3. The lowest BCUT2D eigenvalue weighted by atomic mass is 10.1. The number of benzene rings is 1. The van der Waals surface area contributed by atoms with Crippen LogP contribution in [0.4, 0.5) is 10.5 Å². The molecule has 0 spiro atoms. The van der Waals surface area contributed by atoms with Crippen molar-refractivity contribution in [2.75, 3.05) is 18.4 Å². The predicted molar refractivity (Wildman–Crippen MR) is 110 cm³/mol. The first-order valence-electron chi connectivity index (χ1n) is 9.93. The Hall–Kier alpha value is -3.42. The lowest BCUT2D eigenvalue weighted by Gasteiger charge is -2.20. The zero-order valence-corrected chi connectivity index (χ0v) is 16.2. The maximum Gasteiger partial charge on any atom is 0.319 e. The first kappa shape index (κ1) is 18.9. The molecule has 1 aliphatic rings. The SMILES string of the molecule is O=C(NCc1nnc2ccccn12)Nc1ccc(C(=O)N2CCCCCC2)cc1. The van der Waals surface area contributed by atoms with E-state index in [2.05, 4.69) is 20.8 Å². The topological polar surface area (TPSA) is 91.6 Å². The van der Waals surface area contributed by atoms with Gasteiger partial charge < -0.3 is 15.5 Å². The van der Waals surface area contributed by atoms with Crippen LogP contribution in [0.5, 0.6) is 0 Å². The van der Waals surface area contributed by atoms with Crippen LogP contribution in [0.1, 0.15) is 41.9 Å². The largest absolute Gasteiger partial charge is 0.339 e. The van der Waals surface area contributed by atoms with Gasteiger partial charge in [-0.05, 0) is 49.2 Å². The van der Waals surface area contributed by atoms with Crippen LogP contribution in [-0.2, 0) is 6.54 Å². The molecule has 8 heteroatoms. The number of rotatable bonds is 4. The fourth-order valence-electron chi connectivity index (χ4n) is 3.50. The number of anilines is 1. The highest BCUT2D eigenvalue weighted by Gasteiger charge is 2.17. The van der Waals surface area contributed by atoms with E-state index in [0.717, 1.165) is 31.6 Å². The molecule has 29 heavy (non-hydrogen) atoms. The van der Waals surface area contributed by atoms with Gasteiger partial charge in [0, 0.05) is 30.5 Å². The fraction of sp³-hybridized carbons (Fsp3) is 0.333. The van der Waals surface area contributed by atoms with Gasteiger partial charge in [-0.1, -0.05) is 18.9 Å². The Labute approximate surface area is 168 Å². The van der Waals surface area contributed by atoms with E-state index in [1.807, 2.05) is 33.7 Å². The standard InChI is InChI=1S/C21H24N6O2/c28-20(26-12-4-1-2-5-13-26)16-8-10-17(11-9-16)23-21(29)22-15-19-25-24-18-7-3-6-14-27(18)19/h3,6-11,14H,1-2,4-5,12-13,15H2,(H2,22,23,29). The summed E-state index contributed by atoms with van der Waals surface area (Å²) in [6.45, 7) is 1.89. The summed E-state index contributed by atoms with van der Waals surface area (Å²) in [7, 11) is 0. The Bertz CT molecular complexity index is 990. The van der Waals surface area contributed by atoms with Crippen molar-refractivity contribution in [2.45, 2.75) is 32.2 Å². The van der Waals surface area contributed by atoms with E-state index in [9.17, 15) is 9.59 Å². The highest BCUT2D eigenvalue weighted by atomic mass is 16.2. The number of urea groups is 1. The monoisotopic (exact) mass is 392 g/mol. The second kappa shape index (κ2) is 8.72. The smallest absolute Gasteiger partial charge is 0.319 e. The quantitative estimate of drug-likeness (QED) is 0.714. The first-order valence-corrected chi connectivity index (χ1v) is 9.93. The normalized spacial score (nSPS) is 14.4. The van der Waals surface area contributed by atoms with Crippen LogP contribution < -0.4 is 10.6 Å². The summed E-state index contributed by atoms with van der Waals surface area (Å²) in [4.78, 5) is 26.8. The lowest BCUT2D eigenvalue weighted by Crippen LogP contribution is -2.32. The van der Waals surface area contributed by atoms with E-state index < -0.39 is 0 Å². The van der Waals surface area contributed by atoms with E-state index in [1.165, 1.54) is 12.8 Å². The number of carbonyl (C=O) groups excluding carboxylic acids is 2. The summed E-state index contributed by atoms with van der Waals surface area (Å²) >= 11 is 0. The van der Waals surface area contributed by atoms with Gasteiger partial charge in [0.15, 0.2) is 11.5 Å². The lowest BCUT2D eigenvalue weighted by molar-refractivity contribution is 0.0761. The molecule has 3 aromatic rings. The molecule has 3 amide bonds. The molecule has 8 nitrogen and oxygen atoms in total. The number of pyridine rings is 1. The minimum Gasteiger partial charge on any atom is -0.339 e. The van der Waals surface area contributed by atoms with Crippen LogP contribution in [0.25, 0.3) is 5.65 Å². The third-order valence-electron chi connectivity index (χ3n) is 5.07. The van der Waals surface area contributed by atoms with E-state index in [0.29, 0.717) is 17.1 Å². The predicted octanol–water partition coefficient (Wildman–Crippen LogP) is 3.07. The first-order chi connectivity index (χ1) is 14.2. The van der Waals surface area contributed by atoms with Crippen molar-refractivity contribution >= 4 is 23.3 Å². The molecule has 0 radical (unpaired) electrons. The zero-order chi connectivity index (χ0) is 20.1. The number of carbonyl (C=O) groups is 2. The van der Waals surface area contributed by atoms with Crippen molar-refractivity contribution in [1.29, 1.82) is 0 Å². The van der Waals surface area contributed by atoms with E-state index in [-0.39, 0.29) is 18.5 Å². The number of aromatic nitrogens is 3. The van der Waals surface area contributed by atoms with Gasteiger partial charge in [-0.2, -0.15) is 0 Å². The number of nitrogens with zero attached hydrogens (tertiary/aromatic N) is 4. The maximum absolute atomic E-state index is 12.6. The molecule has 0 saturated carbocycles. The van der Waals surface area contributed by atoms with Crippen LogP contribution in [0.3, 0.4) is 0 Å². The third-order valence-corrected chi connectivity index (χ3v) is 5.07. The highest BCUT2D eigenvalue weighted by molar-refractivity contribution is 5.95. The van der Waals surface area contributed by atoms with Crippen LogP contribution >= 0.6 is 0 Å². The van der Waals surface area contributed by atoms with Crippen LogP contribution in [0.15, 0.2) is 48.7 Å². The Morgan fingerprint density at radius 1 is 0.931 bits per heavy atom. The van der Waals surface area contributed by atoms with Crippen molar-refractivity contribution in [2.24, 2.45) is 0 Å². The number of likely N-dealkylation sites (tertiary alicyclic amines) is 1.